The number of carbonyl (C=O) groups is 1. The zero-order chi connectivity index (χ0) is 14.8. The predicted octanol–water partition coefficient (Wildman–Crippen LogP) is 3.10. The van der Waals surface area contributed by atoms with E-state index in [0.29, 0.717) is 11.4 Å². The van der Waals surface area contributed by atoms with E-state index in [1.807, 2.05) is 49.4 Å². The Balaban J connectivity index is 2.24. The molecule has 0 aliphatic heterocycles. The minimum Gasteiger partial charge on any atom is -0.268 e. The summed E-state index contributed by atoms with van der Waals surface area (Å²) < 4.78 is 1.54. The number of para-hydroxylation sites is 2. The van der Waals surface area contributed by atoms with E-state index in [2.05, 4.69) is 11.1 Å². The van der Waals surface area contributed by atoms with Crippen LogP contribution in [0.1, 0.15) is 21.7 Å². The molecule has 0 fully saturated rings. The van der Waals surface area contributed by atoms with Crippen LogP contribution in [0.2, 0.25) is 0 Å². The van der Waals surface area contributed by atoms with Crippen molar-refractivity contribution in [2.75, 3.05) is 0 Å². The van der Waals surface area contributed by atoms with Gasteiger partial charge in [0.15, 0.2) is 0 Å². The van der Waals surface area contributed by atoms with Gasteiger partial charge in [-0.15, -0.1) is 0 Å². The SMILES string of the molecule is Cc1ccccc1C(=O)n1c(CC#N)nc2ccccc21. The molecule has 4 nitrogen and oxygen atoms in total. The topological polar surface area (TPSA) is 58.7 Å². The van der Waals surface area contributed by atoms with Crippen LogP contribution in [0.15, 0.2) is 48.5 Å². The van der Waals surface area contributed by atoms with Gasteiger partial charge in [-0.3, -0.25) is 9.36 Å². The number of nitriles is 1. The lowest BCUT2D eigenvalue weighted by Gasteiger charge is -2.08. The largest absolute Gasteiger partial charge is 0.268 e. The first-order chi connectivity index (χ1) is 10.2. The van der Waals surface area contributed by atoms with Crippen LogP contribution in [0.25, 0.3) is 11.0 Å². The first-order valence-electron chi connectivity index (χ1n) is 6.66. The molecule has 0 aliphatic rings. The number of aryl methyl sites for hydroxylation is 1. The summed E-state index contributed by atoms with van der Waals surface area (Å²) in [6.45, 7) is 1.90. The van der Waals surface area contributed by atoms with Gasteiger partial charge < -0.3 is 0 Å². The van der Waals surface area contributed by atoms with Crippen molar-refractivity contribution in [3.63, 3.8) is 0 Å². The summed E-state index contributed by atoms with van der Waals surface area (Å²) in [5.41, 5.74) is 2.99. The van der Waals surface area contributed by atoms with Gasteiger partial charge in [0, 0.05) is 5.56 Å². The molecule has 4 heteroatoms. The summed E-state index contributed by atoms with van der Waals surface area (Å²) in [7, 11) is 0. The highest BCUT2D eigenvalue weighted by atomic mass is 16.2. The summed E-state index contributed by atoms with van der Waals surface area (Å²) in [6.07, 6.45) is 0.103. The van der Waals surface area contributed by atoms with E-state index in [4.69, 9.17) is 5.26 Å². The van der Waals surface area contributed by atoms with Crippen LogP contribution in [0, 0.1) is 18.3 Å². The lowest BCUT2D eigenvalue weighted by molar-refractivity contribution is 0.0961. The second kappa shape index (κ2) is 5.22. The van der Waals surface area contributed by atoms with Crippen molar-refractivity contribution in [2.24, 2.45) is 0 Å². The highest BCUT2D eigenvalue weighted by Crippen LogP contribution is 2.19. The minimum atomic E-state index is -0.146. The van der Waals surface area contributed by atoms with Crippen LogP contribution in [0.4, 0.5) is 0 Å². The predicted molar refractivity (Wildman–Crippen MR) is 80.0 cm³/mol. The molecule has 2 aromatic carbocycles. The minimum absolute atomic E-state index is 0.103. The van der Waals surface area contributed by atoms with E-state index in [0.717, 1.165) is 16.6 Å². The Hall–Kier alpha value is -2.93. The second-order valence-electron chi connectivity index (χ2n) is 4.81. The van der Waals surface area contributed by atoms with E-state index in [1.165, 1.54) is 0 Å². The fraction of sp³-hybridized carbons (Fsp3) is 0.118. The zero-order valence-corrected chi connectivity index (χ0v) is 11.6. The van der Waals surface area contributed by atoms with Gasteiger partial charge >= 0.3 is 0 Å². The third-order valence-electron chi connectivity index (χ3n) is 3.45. The molecule has 0 saturated heterocycles. The molecule has 1 aromatic heterocycles. The number of nitrogens with zero attached hydrogens (tertiary/aromatic N) is 3. The number of hydrogen-bond acceptors (Lipinski definition) is 3. The van der Waals surface area contributed by atoms with E-state index in [-0.39, 0.29) is 12.3 Å². The maximum atomic E-state index is 12.9. The third kappa shape index (κ3) is 2.19. The molecule has 0 atom stereocenters. The summed E-state index contributed by atoms with van der Waals surface area (Å²) in [4.78, 5) is 17.2. The first-order valence-corrected chi connectivity index (χ1v) is 6.66. The first kappa shape index (κ1) is 13.1. The number of rotatable bonds is 2. The lowest BCUT2D eigenvalue weighted by atomic mass is 10.1. The molecule has 21 heavy (non-hydrogen) atoms. The van der Waals surface area contributed by atoms with E-state index >= 15 is 0 Å². The normalized spacial score (nSPS) is 10.5. The van der Waals surface area contributed by atoms with Crippen LogP contribution in [0.3, 0.4) is 0 Å². The molecule has 0 aliphatic carbocycles. The maximum absolute atomic E-state index is 12.9. The Morgan fingerprint density at radius 3 is 2.67 bits per heavy atom. The summed E-state index contributed by atoms with van der Waals surface area (Å²) in [6, 6.07) is 16.9. The van der Waals surface area contributed by atoms with Gasteiger partial charge in [-0.1, -0.05) is 30.3 Å². The van der Waals surface area contributed by atoms with Crippen molar-refractivity contribution in [1.82, 2.24) is 9.55 Å². The number of imidazole rings is 1. The average molecular weight is 275 g/mol. The molecule has 0 unspecified atom stereocenters. The third-order valence-corrected chi connectivity index (χ3v) is 3.45. The lowest BCUT2D eigenvalue weighted by Crippen LogP contribution is -2.16. The van der Waals surface area contributed by atoms with Crippen molar-refractivity contribution in [2.45, 2.75) is 13.3 Å². The van der Waals surface area contributed by atoms with Gasteiger partial charge in [-0.2, -0.15) is 5.26 Å². The Morgan fingerprint density at radius 2 is 1.90 bits per heavy atom. The number of hydrogen-bond donors (Lipinski definition) is 0. The average Bonchev–Trinajstić information content (AvgIpc) is 2.85. The Bertz CT molecular complexity index is 871. The summed E-state index contributed by atoms with van der Waals surface area (Å²) >= 11 is 0. The molecule has 0 bridgehead atoms. The van der Waals surface area contributed by atoms with Gasteiger partial charge in [-0.05, 0) is 30.7 Å². The zero-order valence-electron chi connectivity index (χ0n) is 11.6. The molecule has 1 heterocycles. The van der Waals surface area contributed by atoms with Crippen LogP contribution in [-0.4, -0.2) is 15.5 Å². The summed E-state index contributed by atoms with van der Waals surface area (Å²) in [5, 5.41) is 8.96. The quantitative estimate of drug-likeness (QED) is 0.722. The van der Waals surface area contributed by atoms with E-state index in [9.17, 15) is 4.79 Å². The number of aromatic nitrogens is 2. The fourth-order valence-corrected chi connectivity index (χ4v) is 2.43. The maximum Gasteiger partial charge on any atom is 0.264 e. The highest BCUT2D eigenvalue weighted by molar-refractivity contribution is 6.02. The fourth-order valence-electron chi connectivity index (χ4n) is 2.43. The standard InChI is InChI=1S/C17H13N3O/c1-12-6-2-3-7-13(12)17(21)20-15-9-5-4-8-14(15)19-16(20)10-11-18/h2-9H,10H2,1H3. The Labute approximate surface area is 122 Å². The summed E-state index contributed by atoms with van der Waals surface area (Å²) in [5.74, 6) is 0.332. The molecule has 0 N–H and O–H groups in total. The number of benzene rings is 2. The molecule has 3 aromatic rings. The van der Waals surface area contributed by atoms with Crippen molar-refractivity contribution in [1.29, 1.82) is 5.26 Å². The van der Waals surface area contributed by atoms with Crippen molar-refractivity contribution < 1.29 is 4.79 Å². The number of carbonyl (C=O) groups excluding carboxylic acids is 1. The highest BCUT2D eigenvalue weighted by Gasteiger charge is 2.18. The number of fused-ring (bicyclic) bond motifs is 1. The molecule has 0 radical (unpaired) electrons. The van der Waals surface area contributed by atoms with Gasteiger partial charge in [0.1, 0.15) is 5.82 Å². The second-order valence-corrected chi connectivity index (χ2v) is 4.81. The van der Waals surface area contributed by atoms with Gasteiger partial charge in [0.25, 0.3) is 5.91 Å². The van der Waals surface area contributed by atoms with Crippen molar-refractivity contribution in [3.8, 4) is 6.07 Å². The van der Waals surface area contributed by atoms with Crippen LogP contribution < -0.4 is 0 Å². The van der Waals surface area contributed by atoms with Crippen LogP contribution >= 0.6 is 0 Å². The van der Waals surface area contributed by atoms with E-state index in [1.54, 1.807) is 10.6 Å². The van der Waals surface area contributed by atoms with Gasteiger partial charge in [0.2, 0.25) is 0 Å². The monoisotopic (exact) mass is 275 g/mol. The molecular formula is C17H13N3O. The smallest absolute Gasteiger partial charge is 0.264 e. The molecule has 0 spiro atoms. The molecule has 102 valence electrons. The Morgan fingerprint density at radius 1 is 1.19 bits per heavy atom. The van der Waals surface area contributed by atoms with Crippen LogP contribution in [0.5, 0.6) is 0 Å². The molecular weight excluding hydrogens is 262 g/mol. The van der Waals surface area contributed by atoms with Gasteiger partial charge in [-0.25, -0.2) is 4.98 Å². The van der Waals surface area contributed by atoms with Crippen molar-refractivity contribution >= 4 is 16.9 Å². The van der Waals surface area contributed by atoms with Crippen molar-refractivity contribution in [3.05, 3.63) is 65.5 Å². The van der Waals surface area contributed by atoms with Crippen LogP contribution in [-0.2, 0) is 6.42 Å². The Kier molecular flexibility index (Phi) is 3.25. The van der Waals surface area contributed by atoms with Gasteiger partial charge in [0.05, 0.1) is 23.5 Å². The molecule has 0 amide bonds. The molecule has 0 saturated carbocycles. The van der Waals surface area contributed by atoms with E-state index < -0.39 is 0 Å². The molecule has 3 rings (SSSR count).